The lowest BCUT2D eigenvalue weighted by Crippen LogP contribution is -2.20. The minimum absolute atomic E-state index is 0.00371. The van der Waals surface area contributed by atoms with E-state index in [-0.39, 0.29) is 5.56 Å². The first kappa shape index (κ1) is 11.1. The molecule has 82 valence electrons. The minimum atomic E-state index is 0.00371. The van der Waals surface area contributed by atoms with Crippen LogP contribution in [0.15, 0.2) is 51.9 Å². The lowest BCUT2D eigenvalue weighted by atomic mass is 10.1. The van der Waals surface area contributed by atoms with Gasteiger partial charge in [-0.3, -0.25) is 4.79 Å². The molecule has 0 radical (unpaired) electrons. The third kappa shape index (κ3) is 2.42. The molecule has 0 saturated carbocycles. The van der Waals surface area contributed by atoms with Crippen molar-refractivity contribution in [1.29, 1.82) is 0 Å². The molecule has 16 heavy (non-hydrogen) atoms. The van der Waals surface area contributed by atoms with E-state index >= 15 is 0 Å². The van der Waals surface area contributed by atoms with Gasteiger partial charge >= 0.3 is 0 Å². The van der Waals surface area contributed by atoms with Gasteiger partial charge in [-0.15, -0.1) is 0 Å². The van der Waals surface area contributed by atoms with Crippen LogP contribution in [0.3, 0.4) is 0 Å². The number of rotatable bonds is 2. The second-order valence-electron chi connectivity index (χ2n) is 3.78. The van der Waals surface area contributed by atoms with E-state index in [0.717, 1.165) is 5.56 Å². The van der Waals surface area contributed by atoms with Gasteiger partial charge in [0.15, 0.2) is 0 Å². The molecule has 0 aliphatic rings. The van der Waals surface area contributed by atoms with Crippen molar-refractivity contribution in [2.45, 2.75) is 13.5 Å². The lowest BCUT2D eigenvalue weighted by molar-refractivity contribution is 0.754. The molecule has 0 bridgehead atoms. The van der Waals surface area contributed by atoms with E-state index in [2.05, 4.69) is 22.0 Å². The van der Waals surface area contributed by atoms with Crippen LogP contribution in [-0.2, 0) is 6.54 Å². The van der Waals surface area contributed by atoms with E-state index in [1.165, 1.54) is 5.56 Å². The van der Waals surface area contributed by atoms with Crippen LogP contribution in [0.5, 0.6) is 0 Å². The lowest BCUT2D eigenvalue weighted by Gasteiger charge is -2.06. The molecule has 0 unspecified atom stereocenters. The molecular weight excluding hydrogens is 266 g/mol. The Bertz CT molecular complexity index is 560. The molecule has 0 aliphatic heterocycles. The molecule has 0 fully saturated rings. The van der Waals surface area contributed by atoms with Crippen LogP contribution < -0.4 is 5.56 Å². The van der Waals surface area contributed by atoms with Crippen molar-refractivity contribution < 1.29 is 0 Å². The number of hydrogen-bond donors (Lipinski definition) is 0. The molecule has 0 saturated heterocycles. The van der Waals surface area contributed by atoms with Gasteiger partial charge in [0, 0.05) is 6.20 Å². The molecule has 0 aliphatic carbocycles. The molecular formula is C13H12BrNO. The highest BCUT2D eigenvalue weighted by Gasteiger charge is 2.00. The summed E-state index contributed by atoms with van der Waals surface area (Å²) in [6.07, 6.45) is 1.80. The number of aromatic nitrogens is 1. The molecule has 2 rings (SSSR count). The van der Waals surface area contributed by atoms with Crippen molar-refractivity contribution >= 4 is 15.9 Å². The summed E-state index contributed by atoms with van der Waals surface area (Å²) in [5, 5.41) is 0. The van der Waals surface area contributed by atoms with Crippen LogP contribution in [0.2, 0.25) is 0 Å². The van der Waals surface area contributed by atoms with Crippen LogP contribution in [0.1, 0.15) is 11.1 Å². The summed E-state index contributed by atoms with van der Waals surface area (Å²) in [7, 11) is 0. The van der Waals surface area contributed by atoms with Gasteiger partial charge in [-0.25, -0.2) is 0 Å². The van der Waals surface area contributed by atoms with Crippen LogP contribution >= 0.6 is 15.9 Å². The average molecular weight is 278 g/mol. The second kappa shape index (κ2) is 4.66. The molecule has 2 nitrogen and oxygen atoms in total. The maximum absolute atomic E-state index is 11.8. The molecule has 1 heterocycles. The standard InChI is InChI=1S/C13H12BrNO/c1-10-4-2-5-11(8-10)9-15-7-3-6-12(14)13(15)16/h2-8H,9H2,1H3. The number of benzene rings is 1. The van der Waals surface area contributed by atoms with Gasteiger partial charge in [-0.1, -0.05) is 29.8 Å². The van der Waals surface area contributed by atoms with Crippen molar-refractivity contribution in [3.05, 3.63) is 68.5 Å². The Hall–Kier alpha value is -1.35. The quantitative estimate of drug-likeness (QED) is 0.827. The second-order valence-corrected chi connectivity index (χ2v) is 4.63. The number of halogens is 1. The van der Waals surface area contributed by atoms with E-state index in [4.69, 9.17) is 0 Å². The van der Waals surface area contributed by atoms with E-state index in [0.29, 0.717) is 11.0 Å². The van der Waals surface area contributed by atoms with E-state index in [9.17, 15) is 4.79 Å². The SMILES string of the molecule is Cc1cccc(Cn2cccc(Br)c2=O)c1. The fourth-order valence-electron chi connectivity index (χ4n) is 1.64. The predicted octanol–water partition coefficient (Wildman–Crippen LogP) is 2.97. The Kier molecular flexibility index (Phi) is 3.25. The molecule has 0 spiro atoms. The van der Waals surface area contributed by atoms with Crippen LogP contribution in [-0.4, -0.2) is 4.57 Å². The molecule has 1 aromatic heterocycles. The number of nitrogens with zero attached hydrogens (tertiary/aromatic N) is 1. The molecule has 0 amide bonds. The van der Waals surface area contributed by atoms with E-state index < -0.39 is 0 Å². The first-order valence-electron chi connectivity index (χ1n) is 5.07. The van der Waals surface area contributed by atoms with Crippen molar-refractivity contribution in [3.8, 4) is 0 Å². The third-order valence-corrected chi connectivity index (χ3v) is 3.01. The van der Waals surface area contributed by atoms with Crippen LogP contribution in [0.25, 0.3) is 0 Å². The molecule has 2 aromatic rings. The van der Waals surface area contributed by atoms with Gasteiger partial charge in [-0.2, -0.15) is 0 Å². The fourth-order valence-corrected chi connectivity index (χ4v) is 2.02. The number of aryl methyl sites for hydroxylation is 1. The van der Waals surface area contributed by atoms with E-state index in [1.54, 1.807) is 16.8 Å². The molecule has 0 atom stereocenters. The summed E-state index contributed by atoms with van der Waals surface area (Å²) in [6, 6.07) is 11.8. The Morgan fingerprint density at radius 1 is 1.25 bits per heavy atom. The third-order valence-electron chi connectivity index (χ3n) is 2.41. The predicted molar refractivity (Wildman–Crippen MR) is 68.7 cm³/mol. The molecule has 1 aromatic carbocycles. The van der Waals surface area contributed by atoms with Crippen LogP contribution in [0, 0.1) is 6.92 Å². The average Bonchev–Trinajstić information content (AvgIpc) is 2.25. The zero-order valence-corrected chi connectivity index (χ0v) is 10.6. The maximum atomic E-state index is 11.8. The summed E-state index contributed by atoms with van der Waals surface area (Å²) in [6.45, 7) is 2.66. The fraction of sp³-hybridized carbons (Fsp3) is 0.154. The van der Waals surface area contributed by atoms with Crippen molar-refractivity contribution in [1.82, 2.24) is 4.57 Å². The summed E-state index contributed by atoms with van der Waals surface area (Å²) in [5.41, 5.74) is 2.35. The molecule has 0 N–H and O–H groups in total. The van der Waals surface area contributed by atoms with Gasteiger partial charge in [0.05, 0.1) is 11.0 Å². The van der Waals surface area contributed by atoms with Crippen molar-refractivity contribution in [3.63, 3.8) is 0 Å². The van der Waals surface area contributed by atoms with Crippen LogP contribution in [0.4, 0.5) is 0 Å². The monoisotopic (exact) mass is 277 g/mol. The van der Waals surface area contributed by atoms with Gasteiger partial charge < -0.3 is 4.57 Å². The van der Waals surface area contributed by atoms with E-state index in [1.807, 2.05) is 31.2 Å². The van der Waals surface area contributed by atoms with Crippen molar-refractivity contribution in [2.75, 3.05) is 0 Å². The highest BCUT2D eigenvalue weighted by molar-refractivity contribution is 9.10. The van der Waals surface area contributed by atoms with Gasteiger partial charge in [0.1, 0.15) is 0 Å². The topological polar surface area (TPSA) is 22.0 Å². The highest BCUT2D eigenvalue weighted by Crippen LogP contribution is 2.06. The first-order chi connectivity index (χ1) is 7.66. The maximum Gasteiger partial charge on any atom is 0.265 e. The Labute approximate surface area is 103 Å². The van der Waals surface area contributed by atoms with Gasteiger partial charge in [0.25, 0.3) is 5.56 Å². The Morgan fingerprint density at radius 3 is 2.81 bits per heavy atom. The highest BCUT2D eigenvalue weighted by atomic mass is 79.9. The number of pyridine rings is 1. The van der Waals surface area contributed by atoms with Crippen molar-refractivity contribution in [2.24, 2.45) is 0 Å². The summed E-state index contributed by atoms with van der Waals surface area (Å²) < 4.78 is 2.29. The Morgan fingerprint density at radius 2 is 2.06 bits per heavy atom. The largest absolute Gasteiger partial charge is 0.310 e. The first-order valence-corrected chi connectivity index (χ1v) is 5.86. The summed E-state index contributed by atoms with van der Waals surface area (Å²) in [5.74, 6) is 0. The van der Waals surface area contributed by atoms with Gasteiger partial charge in [0.2, 0.25) is 0 Å². The Balaban J connectivity index is 2.34. The summed E-state index contributed by atoms with van der Waals surface area (Å²) in [4.78, 5) is 11.8. The normalized spacial score (nSPS) is 10.4. The number of hydrogen-bond acceptors (Lipinski definition) is 1. The zero-order valence-electron chi connectivity index (χ0n) is 8.98. The minimum Gasteiger partial charge on any atom is -0.310 e. The zero-order chi connectivity index (χ0) is 11.5. The smallest absolute Gasteiger partial charge is 0.265 e. The summed E-state index contributed by atoms with van der Waals surface area (Å²) >= 11 is 3.24. The van der Waals surface area contributed by atoms with Gasteiger partial charge in [-0.05, 0) is 40.5 Å². The molecule has 3 heteroatoms.